The van der Waals surface area contributed by atoms with Gasteiger partial charge >= 0.3 is 0 Å². The number of nitrogens with zero attached hydrogens (tertiary/aromatic N) is 1. The van der Waals surface area contributed by atoms with Gasteiger partial charge < -0.3 is 5.32 Å². The van der Waals surface area contributed by atoms with Gasteiger partial charge in [-0.15, -0.1) is 11.8 Å². The van der Waals surface area contributed by atoms with Crippen LogP contribution >= 0.6 is 11.8 Å². The molecule has 0 aromatic heterocycles. The highest BCUT2D eigenvalue weighted by Gasteiger charge is 2.35. The number of anilines is 2. The minimum absolute atomic E-state index is 0.0404. The van der Waals surface area contributed by atoms with Gasteiger partial charge in [0.1, 0.15) is 11.2 Å². The van der Waals surface area contributed by atoms with Crippen LogP contribution in [-0.2, 0) is 9.59 Å². The van der Waals surface area contributed by atoms with Crippen molar-refractivity contribution in [3.05, 3.63) is 59.4 Å². The van der Waals surface area contributed by atoms with E-state index in [9.17, 15) is 14.0 Å². The molecule has 136 valence electrons. The lowest BCUT2D eigenvalue weighted by Gasteiger charge is -2.25. The molecule has 1 saturated heterocycles. The van der Waals surface area contributed by atoms with Crippen LogP contribution in [0, 0.1) is 12.7 Å². The predicted molar refractivity (Wildman–Crippen MR) is 104 cm³/mol. The van der Waals surface area contributed by atoms with Crippen LogP contribution < -0.4 is 10.2 Å². The number of benzene rings is 2. The second-order valence-corrected chi connectivity index (χ2v) is 7.37. The Hall–Kier alpha value is -2.34. The number of carbonyl (C=O) groups excluding carboxylic acids is 2. The summed E-state index contributed by atoms with van der Waals surface area (Å²) in [6.07, 6.45) is 1.24. The molecule has 2 aromatic carbocycles. The van der Waals surface area contributed by atoms with E-state index in [-0.39, 0.29) is 17.2 Å². The molecule has 1 atom stereocenters. The zero-order chi connectivity index (χ0) is 18.7. The van der Waals surface area contributed by atoms with Crippen molar-refractivity contribution < 1.29 is 14.0 Å². The van der Waals surface area contributed by atoms with Crippen LogP contribution in [0.3, 0.4) is 0 Å². The van der Waals surface area contributed by atoms with Crippen molar-refractivity contribution in [2.45, 2.75) is 32.1 Å². The van der Waals surface area contributed by atoms with Crippen LogP contribution in [0.25, 0.3) is 0 Å². The number of halogens is 1. The summed E-state index contributed by atoms with van der Waals surface area (Å²) in [5.41, 5.74) is 2.73. The number of aryl methyl sites for hydroxylation is 1. The summed E-state index contributed by atoms with van der Waals surface area (Å²) < 4.78 is 14.4. The van der Waals surface area contributed by atoms with Crippen molar-refractivity contribution in [2.24, 2.45) is 0 Å². The van der Waals surface area contributed by atoms with Crippen LogP contribution in [0.5, 0.6) is 0 Å². The number of thioether (sulfide) groups is 1. The van der Waals surface area contributed by atoms with Crippen LogP contribution in [0.1, 0.15) is 36.3 Å². The molecule has 0 bridgehead atoms. The van der Waals surface area contributed by atoms with Crippen LogP contribution in [0.2, 0.25) is 0 Å². The van der Waals surface area contributed by atoms with Crippen molar-refractivity contribution in [1.29, 1.82) is 0 Å². The Balaban J connectivity index is 1.91. The summed E-state index contributed by atoms with van der Waals surface area (Å²) in [7, 11) is 0. The van der Waals surface area contributed by atoms with Gasteiger partial charge in [-0.2, -0.15) is 0 Å². The first-order chi connectivity index (χ1) is 12.5. The minimum Gasteiger partial charge on any atom is -0.326 e. The van der Waals surface area contributed by atoms with Crippen molar-refractivity contribution >= 4 is 35.0 Å². The molecule has 2 amide bonds. The highest BCUT2D eigenvalue weighted by molar-refractivity contribution is 8.00. The Labute approximate surface area is 156 Å². The maximum atomic E-state index is 14.4. The van der Waals surface area contributed by atoms with E-state index in [2.05, 4.69) is 5.32 Å². The van der Waals surface area contributed by atoms with E-state index < -0.39 is 5.82 Å². The maximum absolute atomic E-state index is 14.4. The topological polar surface area (TPSA) is 49.4 Å². The SMILES string of the molecule is CCCC(=O)Nc1cccc([C@@H]2SCC(=O)N2c2cc(C)ccc2F)c1. The van der Waals surface area contributed by atoms with Gasteiger partial charge in [0.25, 0.3) is 0 Å². The van der Waals surface area contributed by atoms with Gasteiger partial charge in [0.05, 0.1) is 11.4 Å². The molecule has 0 radical (unpaired) electrons. The molecule has 2 aromatic rings. The van der Waals surface area contributed by atoms with Gasteiger partial charge in [-0.3, -0.25) is 14.5 Å². The molecule has 0 aliphatic carbocycles. The van der Waals surface area contributed by atoms with Crippen molar-refractivity contribution in [1.82, 2.24) is 0 Å². The predicted octanol–water partition coefficient (Wildman–Crippen LogP) is 4.65. The molecule has 1 aliphatic heterocycles. The molecule has 6 heteroatoms. The number of nitrogens with one attached hydrogen (secondary N) is 1. The third kappa shape index (κ3) is 3.90. The Bertz CT molecular complexity index is 840. The summed E-state index contributed by atoms with van der Waals surface area (Å²) in [5, 5.41) is 2.55. The van der Waals surface area contributed by atoms with Gasteiger partial charge in [-0.05, 0) is 48.7 Å². The summed E-state index contributed by atoms with van der Waals surface area (Å²) in [6, 6.07) is 12.2. The van der Waals surface area contributed by atoms with E-state index in [1.165, 1.54) is 22.7 Å². The molecule has 1 aliphatic rings. The Morgan fingerprint density at radius 2 is 2.12 bits per heavy atom. The largest absolute Gasteiger partial charge is 0.326 e. The van der Waals surface area contributed by atoms with Gasteiger partial charge in [0, 0.05) is 12.1 Å². The highest BCUT2D eigenvalue weighted by Crippen LogP contribution is 2.43. The van der Waals surface area contributed by atoms with Gasteiger partial charge in [-0.1, -0.05) is 25.1 Å². The third-order valence-corrected chi connectivity index (χ3v) is 5.37. The minimum atomic E-state index is -0.413. The molecule has 0 saturated carbocycles. The van der Waals surface area contributed by atoms with Crippen molar-refractivity contribution in [3.63, 3.8) is 0 Å². The summed E-state index contributed by atoms with van der Waals surface area (Å²) in [6.45, 7) is 3.82. The number of amides is 2. The van der Waals surface area contributed by atoms with Crippen LogP contribution in [-0.4, -0.2) is 17.6 Å². The van der Waals surface area contributed by atoms with Gasteiger partial charge in [0.15, 0.2) is 0 Å². The lowest BCUT2D eigenvalue weighted by atomic mass is 10.1. The summed E-state index contributed by atoms with van der Waals surface area (Å²) in [4.78, 5) is 25.8. The van der Waals surface area contributed by atoms with E-state index >= 15 is 0 Å². The zero-order valence-electron chi connectivity index (χ0n) is 14.8. The monoisotopic (exact) mass is 372 g/mol. The third-order valence-electron chi connectivity index (χ3n) is 4.16. The molecule has 26 heavy (non-hydrogen) atoms. The van der Waals surface area contributed by atoms with Gasteiger partial charge in [-0.25, -0.2) is 4.39 Å². The Kier molecular flexibility index (Phi) is 5.61. The van der Waals surface area contributed by atoms with Crippen molar-refractivity contribution in [2.75, 3.05) is 16.0 Å². The lowest BCUT2D eigenvalue weighted by Crippen LogP contribution is -2.28. The zero-order valence-corrected chi connectivity index (χ0v) is 15.6. The van der Waals surface area contributed by atoms with E-state index in [0.29, 0.717) is 23.5 Å². The molecule has 3 rings (SSSR count). The van der Waals surface area contributed by atoms with E-state index in [1.54, 1.807) is 12.1 Å². The first-order valence-electron chi connectivity index (χ1n) is 8.59. The van der Waals surface area contributed by atoms with Crippen molar-refractivity contribution in [3.8, 4) is 0 Å². The lowest BCUT2D eigenvalue weighted by molar-refractivity contribution is -0.116. The second-order valence-electron chi connectivity index (χ2n) is 6.31. The molecular weight excluding hydrogens is 351 g/mol. The molecule has 4 nitrogen and oxygen atoms in total. The first kappa shape index (κ1) is 18.5. The number of carbonyl (C=O) groups is 2. The smallest absolute Gasteiger partial charge is 0.238 e. The average Bonchev–Trinajstić information content (AvgIpc) is 2.99. The van der Waals surface area contributed by atoms with E-state index in [4.69, 9.17) is 0 Å². The molecule has 1 N–H and O–H groups in total. The fraction of sp³-hybridized carbons (Fsp3) is 0.300. The normalized spacial score (nSPS) is 16.8. The number of rotatable bonds is 5. The summed E-state index contributed by atoms with van der Waals surface area (Å²) in [5.74, 6) is -0.278. The second kappa shape index (κ2) is 7.91. The summed E-state index contributed by atoms with van der Waals surface area (Å²) >= 11 is 1.46. The quantitative estimate of drug-likeness (QED) is 0.831. The fourth-order valence-corrected chi connectivity index (χ4v) is 4.12. The van der Waals surface area contributed by atoms with Gasteiger partial charge in [0.2, 0.25) is 11.8 Å². The van der Waals surface area contributed by atoms with Crippen LogP contribution in [0.15, 0.2) is 42.5 Å². The Morgan fingerprint density at radius 3 is 2.88 bits per heavy atom. The fourth-order valence-electron chi connectivity index (χ4n) is 2.96. The standard InChI is InChI=1S/C20H21FN2O2S/c1-3-5-18(24)22-15-7-4-6-14(11-15)20-23(19(25)12-26-20)17-10-13(2)8-9-16(17)21/h4,6-11,20H,3,5,12H2,1-2H3,(H,22,24)/t20-/m0/s1. The maximum Gasteiger partial charge on any atom is 0.238 e. The molecular formula is C20H21FN2O2S. The first-order valence-corrected chi connectivity index (χ1v) is 9.64. The highest BCUT2D eigenvalue weighted by atomic mass is 32.2. The van der Waals surface area contributed by atoms with Crippen LogP contribution in [0.4, 0.5) is 15.8 Å². The Morgan fingerprint density at radius 1 is 1.31 bits per heavy atom. The molecule has 1 heterocycles. The molecule has 1 fully saturated rings. The average molecular weight is 372 g/mol. The molecule has 0 unspecified atom stereocenters. The number of hydrogen-bond donors (Lipinski definition) is 1. The van der Waals surface area contributed by atoms with E-state index in [1.807, 2.05) is 38.1 Å². The molecule has 0 spiro atoms. The number of hydrogen-bond acceptors (Lipinski definition) is 3. The van der Waals surface area contributed by atoms with E-state index in [0.717, 1.165) is 17.5 Å².